The molecule has 3 rings (SSSR count). The zero-order valence-electron chi connectivity index (χ0n) is 16.6. The smallest absolute Gasteiger partial charge is 0.490 e. The van der Waals surface area contributed by atoms with Gasteiger partial charge in [0.25, 0.3) is 0 Å². The van der Waals surface area contributed by atoms with E-state index in [2.05, 4.69) is 17.4 Å². The lowest BCUT2D eigenvalue weighted by molar-refractivity contribution is -0.192. The summed E-state index contributed by atoms with van der Waals surface area (Å²) in [6.45, 7) is 4.07. The number of carboxylic acid groups (broad SMARTS) is 1. The number of hydrogen-bond donors (Lipinski definition) is 2. The third-order valence-corrected chi connectivity index (χ3v) is 5.86. The highest BCUT2D eigenvalue weighted by atomic mass is 32.2. The maximum absolute atomic E-state index is 13.3. The first-order chi connectivity index (χ1) is 14.1. The van der Waals surface area contributed by atoms with Gasteiger partial charge in [0.2, 0.25) is 0 Å². The Bertz CT molecular complexity index is 868. The Morgan fingerprint density at radius 1 is 1.13 bits per heavy atom. The number of methoxy groups -OCH3 is 1. The molecule has 1 heterocycles. The number of carbonyl (C=O) groups is 1. The van der Waals surface area contributed by atoms with Gasteiger partial charge in [-0.3, -0.25) is 0 Å². The fraction of sp³-hybridized carbons (Fsp3) is 0.381. The lowest BCUT2D eigenvalue weighted by Gasteiger charge is -2.25. The normalized spacial score (nSPS) is 14.6. The average Bonchev–Trinajstić information content (AvgIpc) is 2.70. The summed E-state index contributed by atoms with van der Waals surface area (Å²) in [5, 5.41) is 10.5. The number of benzene rings is 2. The van der Waals surface area contributed by atoms with E-state index in [1.165, 1.54) is 16.5 Å². The minimum atomic E-state index is -5.08. The highest BCUT2D eigenvalue weighted by Gasteiger charge is 2.38. The molecule has 0 saturated carbocycles. The minimum absolute atomic E-state index is 0.180. The van der Waals surface area contributed by atoms with E-state index >= 15 is 0 Å². The van der Waals surface area contributed by atoms with Crippen LogP contribution >= 0.6 is 11.8 Å². The largest absolute Gasteiger partial charge is 0.497 e. The van der Waals surface area contributed by atoms with Crippen molar-refractivity contribution >= 4 is 17.7 Å². The van der Waals surface area contributed by atoms with Crippen LogP contribution in [-0.2, 0) is 4.79 Å². The van der Waals surface area contributed by atoms with Gasteiger partial charge in [0.05, 0.1) is 7.11 Å². The zero-order chi connectivity index (χ0) is 22.3. The number of aryl methyl sites for hydroxylation is 1. The van der Waals surface area contributed by atoms with Crippen LogP contribution in [0.15, 0.2) is 46.2 Å². The number of halogens is 4. The van der Waals surface area contributed by atoms with E-state index in [1.807, 2.05) is 19.1 Å². The number of nitrogens with one attached hydrogen (secondary N) is 1. The van der Waals surface area contributed by atoms with Crippen LogP contribution in [0.4, 0.5) is 17.6 Å². The molecule has 0 aromatic heterocycles. The number of alkyl halides is 3. The van der Waals surface area contributed by atoms with Gasteiger partial charge < -0.3 is 15.2 Å². The van der Waals surface area contributed by atoms with Gasteiger partial charge >= 0.3 is 12.1 Å². The Morgan fingerprint density at radius 3 is 2.27 bits per heavy atom. The quantitative estimate of drug-likeness (QED) is 0.618. The molecule has 0 radical (unpaired) electrons. The van der Waals surface area contributed by atoms with Crippen molar-refractivity contribution in [1.82, 2.24) is 5.32 Å². The van der Waals surface area contributed by atoms with Crippen molar-refractivity contribution in [2.24, 2.45) is 0 Å². The van der Waals surface area contributed by atoms with Crippen LogP contribution in [0.2, 0.25) is 0 Å². The molecule has 1 fully saturated rings. The molecular formula is C21H23F4NO3S. The van der Waals surface area contributed by atoms with E-state index in [0.29, 0.717) is 5.92 Å². The summed E-state index contributed by atoms with van der Waals surface area (Å²) in [6.07, 6.45) is -2.80. The van der Waals surface area contributed by atoms with Crippen LogP contribution in [0.3, 0.4) is 0 Å². The third-order valence-electron chi connectivity index (χ3n) is 4.60. The van der Waals surface area contributed by atoms with E-state index in [0.717, 1.165) is 42.1 Å². The molecule has 1 aliphatic heterocycles. The number of aliphatic carboxylic acids is 1. The number of carboxylic acids is 1. The van der Waals surface area contributed by atoms with Gasteiger partial charge in [-0.05, 0) is 86.3 Å². The van der Waals surface area contributed by atoms with E-state index in [1.54, 1.807) is 24.9 Å². The maximum Gasteiger partial charge on any atom is 0.490 e. The fourth-order valence-electron chi connectivity index (χ4n) is 3.04. The SMILES string of the molecule is COc1ccc(Sc2ccc(F)cc2C)c(C2CCNCC2)c1.O=C(O)C(F)(F)F. The van der Waals surface area contributed by atoms with Gasteiger partial charge in [0.15, 0.2) is 0 Å². The van der Waals surface area contributed by atoms with Gasteiger partial charge in [0.1, 0.15) is 11.6 Å². The Labute approximate surface area is 176 Å². The van der Waals surface area contributed by atoms with Crippen molar-refractivity contribution in [3.05, 3.63) is 53.3 Å². The van der Waals surface area contributed by atoms with Crippen LogP contribution in [0.1, 0.15) is 29.9 Å². The highest BCUT2D eigenvalue weighted by Crippen LogP contribution is 2.40. The van der Waals surface area contributed by atoms with E-state index in [4.69, 9.17) is 14.6 Å². The van der Waals surface area contributed by atoms with Crippen LogP contribution in [0.25, 0.3) is 0 Å². The Balaban J connectivity index is 0.000000396. The van der Waals surface area contributed by atoms with E-state index < -0.39 is 12.1 Å². The number of hydrogen-bond acceptors (Lipinski definition) is 4. The van der Waals surface area contributed by atoms with E-state index in [9.17, 15) is 17.6 Å². The average molecular weight is 445 g/mol. The highest BCUT2D eigenvalue weighted by molar-refractivity contribution is 7.99. The second-order valence-corrected chi connectivity index (χ2v) is 7.83. The molecule has 0 amide bonds. The van der Waals surface area contributed by atoms with Crippen molar-refractivity contribution in [2.75, 3.05) is 20.2 Å². The first-order valence-electron chi connectivity index (χ1n) is 9.24. The van der Waals surface area contributed by atoms with Crippen LogP contribution in [-0.4, -0.2) is 37.5 Å². The van der Waals surface area contributed by atoms with Gasteiger partial charge in [0, 0.05) is 9.79 Å². The van der Waals surface area contributed by atoms with Gasteiger partial charge in [-0.2, -0.15) is 13.2 Å². The Kier molecular flexibility index (Phi) is 8.54. The van der Waals surface area contributed by atoms with E-state index in [-0.39, 0.29) is 5.82 Å². The molecule has 9 heteroatoms. The molecule has 2 aromatic rings. The molecule has 4 nitrogen and oxygen atoms in total. The van der Waals surface area contributed by atoms with Crippen molar-refractivity contribution in [3.8, 4) is 5.75 Å². The number of rotatable bonds is 4. The van der Waals surface area contributed by atoms with Crippen molar-refractivity contribution in [3.63, 3.8) is 0 Å². The third kappa shape index (κ3) is 6.91. The van der Waals surface area contributed by atoms with Crippen molar-refractivity contribution < 1.29 is 32.2 Å². The molecule has 0 unspecified atom stereocenters. The summed E-state index contributed by atoms with van der Waals surface area (Å²) in [5.41, 5.74) is 2.32. The summed E-state index contributed by atoms with van der Waals surface area (Å²) < 4.78 is 50.5. The summed E-state index contributed by atoms with van der Waals surface area (Å²) in [6, 6.07) is 11.3. The summed E-state index contributed by atoms with van der Waals surface area (Å²) >= 11 is 1.72. The van der Waals surface area contributed by atoms with Crippen molar-refractivity contribution in [1.29, 1.82) is 0 Å². The van der Waals surface area contributed by atoms with Gasteiger partial charge in [-0.1, -0.05) is 11.8 Å². The maximum atomic E-state index is 13.3. The monoisotopic (exact) mass is 445 g/mol. The first-order valence-corrected chi connectivity index (χ1v) is 10.1. The van der Waals surface area contributed by atoms with Crippen LogP contribution in [0, 0.1) is 12.7 Å². The molecule has 0 spiro atoms. The lowest BCUT2D eigenvalue weighted by Crippen LogP contribution is -2.26. The fourth-order valence-corrected chi connectivity index (χ4v) is 4.12. The summed E-state index contributed by atoms with van der Waals surface area (Å²) in [5.74, 6) is -1.49. The minimum Gasteiger partial charge on any atom is -0.497 e. The molecular weight excluding hydrogens is 422 g/mol. The molecule has 164 valence electrons. The van der Waals surface area contributed by atoms with Crippen molar-refractivity contribution in [2.45, 2.75) is 41.7 Å². The predicted octanol–water partition coefficient (Wildman–Crippen LogP) is 5.39. The molecule has 1 saturated heterocycles. The van der Waals surface area contributed by atoms with Crippen LogP contribution < -0.4 is 10.1 Å². The Hall–Kier alpha value is -2.26. The van der Waals surface area contributed by atoms with Gasteiger partial charge in [-0.25, -0.2) is 9.18 Å². The molecule has 2 N–H and O–H groups in total. The molecule has 0 bridgehead atoms. The number of ether oxygens (including phenoxy) is 1. The standard InChI is InChI=1S/C19H22FNOS.C2HF3O2/c1-13-11-15(20)3-5-18(13)23-19-6-4-16(22-2)12-17(19)14-7-9-21-10-8-14;3-2(4,5)1(6)7/h3-6,11-12,14,21H,7-10H2,1-2H3;(H,6,7). The Morgan fingerprint density at radius 2 is 1.73 bits per heavy atom. The van der Waals surface area contributed by atoms with Gasteiger partial charge in [-0.15, -0.1) is 0 Å². The molecule has 30 heavy (non-hydrogen) atoms. The summed E-state index contributed by atoms with van der Waals surface area (Å²) in [7, 11) is 1.71. The summed E-state index contributed by atoms with van der Waals surface area (Å²) in [4.78, 5) is 11.2. The molecule has 1 aliphatic rings. The second-order valence-electron chi connectivity index (χ2n) is 6.74. The first kappa shape index (κ1) is 24.0. The molecule has 0 aliphatic carbocycles. The zero-order valence-corrected chi connectivity index (χ0v) is 17.4. The predicted molar refractivity (Wildman–Crippen MR) is 107 cm³/mol. The van der Waals surface area contributed by atoms with Crippen LogP contribution in [0.5, 0.6) is 5.75 Å². The molecule has 0 atom stereocenters. The molecule has 2 aromatic carbocycles. The lowest BCUT2D eigenvalue weighted by atomic mass is 9.90. The number of piperidine rings is 1. The topological polar surface area (TPSA) is 58.6 Å². The second kappa shape index (κ2) is 10.7.